The molecule has 0 saturated carbocycles. The van der Waals surface area contributed by atoms with Crippen LogP contribution in [-0.4, -0.2) is 22.6 Å². The topological polar surface area (TPSA) is 57.8 Å². The zero-order valence-electron chi connectivity index (χ0n) is 20.6. The third kappa shape index (κ3) is 12.0. The quantitative estimate of drug-likeness (QED) is 0.209. The average Bonchev–Trinajstić information content (AvgIpc) is 3.32. The van der Waals surface area contributed by atoms with E-state index in [1.54, 1.807) is 18.2 Å². The number of amides is 1. The first kappa shape index (κ1) is 27.1. The van der Waals surface area contributed by atoms with Crippen LogP contribution >= 0.6 is 0 Å². The lowest BCUT2D eigenvalue weighted by molar-refractivity contribution is 0.0948. The molecule has 0 aliphatic carbocycles. The second-order valence-electron chi connectivity index (χ2n) is 9.23. The summed E-state index contributed by atoms with van der Waals surface area (Å²) in [6.45, 7) is 2.96. The summed E-state index contributed by atoms with van der Waals surface area (Å²) in [6.07, 6.45) is 21.5. The lowest BCUT2D eigenvalue weighted by Gasteiger charge is -2.04. The van der Waals surface area contributed by atoms with E-state index in [1.807, 2.05) is 0 Å². The Kier molecular flexibility index (Phi) is 14.2. The first-order chi connectivity index (χ1) is 16.2. The van der Waals surface area contributed by atoms with Crippen LogP contribution in [0.2, 0.25) is 0 Å². The van der Waals surface area contributed by atoms with E-state index in [1.165, 1.54) is 102 Å². The van der Waals surface area contributed by atoms with E-state index >= 15 is 0 Å². The van der Waals surface area contributed by atoms with Gasteiger partial charge >= 0.3 is 0 Å². The Morgan fingerprint density at radius 2 is 1.27 bits per heavy atom. The minimum Gasteiger partial charge on any atom is -0.351 e. The first-order valence-electron chi connectivity index (χ1n) is 13.3. The number of benzene rings is 1. The highest BCUT2D eigenvalue weighted by atomic mass is 19.1. The van der Waals surface area contributed by atoms with E-state index in [0.717, 1.165) is 18.4 Å². The number of H-pyrrole nitrogens is 1. The SMILES string of the molecule is CCCCCCCCCCCCCCCCCCNC(=O)c1cc(-c2ccc(F)cc2)n[nH]1. The van der Waals surface area contributed by atoms with Crippen molar-refractivity contribution in [3.05, 3.63) is 41.8 Å². The van der Waals surface area contributed by atoms with Crippen molar-refractivity contribution in [2.24, 2.45) is 0 Å². The Morgan fingerprint density at radius 1 is 0.788 bits per heavy atom. The Labute approximate surface area is 200 Å². The molecule has 1 aromatic carbocycles. The van der Waals surface area contributed by atoms with Crippen molar-refractivity contribution in [3.8, 4) is 11.3 Å². The van der Waals surface area contributed by atoms with Crippen molar-refractivity contribution in [2.45, 2.75) is 110 Å². The van der Waals surface area contributed by atoms with Gasteiger partial charge in [0.1, 0.15) is 11.5 Å². The number of hydrogen-bond donors (Lipinski definition) is 2. The predicted octanol–water partition coefficient (Wildman–Crippen LogP) is 8.21. The minimum absolute atomic E-state index is 0.142. The predicted molar refractivity (Wildman–Crippen MR) is 136 cm³/mol. The molecule has 0 unspecified atom stereocenters. The smallest absolute Gasteiger partial charge is 0.269 e. The summed E-state index contributed by atoms with van der Waals surface area (Å²) < 4.78 is 13.0. The van der Waals surface area contributed by atoms with Crippen molar-refractivity contribution in [1.82, 2.24) is 15.5 Å². The Hall–Kier alpha value is -2.17. The highest BCUT2D eigenvalue weighted by Crippen LogP contribution is 2.18. The summed E-state index contributed by atoms with van der Waals surface area (Å²) in [5, 5.41) is 9.88. The van der Waals surface area contributed by atoms with E-state index in [2.05, 4.69) is 22.4 Å². The minimum atomic E-state index is -0.286. The highest BCUT2D eigenvalue weighted by molar-refractivity contribution is 5.93. The molecule has 0 radical (unpaired) electrons. The molecule has 0 aliphatic heterocycles. The number of rotatable bonds is 19. The van der Waals surface area contributed by atoms with Crippen LogP contribution in [0.4, 0.5) is 4.39 Å². The van der Waals surface area contributed by atoms with Gasteiger partial charge in [0.25, 0.3) is 5.91 Å². The van der Waals surface area contributed by atoms with Crippen LogP contribution in [0.15, 0.2) is 30.3 Å². The lowest BCUT2D eigenvalue weighted by Crippen LogP contribution is -2.24. The number of unbranched alkanes of at least 4 members (excludes halogenated alkanes) is 15. The van der Waals surface area contributed by atoms with Gasteiger partial charge in [-0.1, -0.05) is 103 Å². The molecule has 0 aliphatic rings. The maximum absolute atomic E-state index is 13.0. The molecule has 33 heavy (non-hydrogen) atoms. The summed E-state index contributed by atoms with van der Waals surface area (Å²) >= 11 is 0. The summed E-state index contributed by atoms with van der Waals surface area (Å²) in [5.41, 5.74) is 1.86. The monoisotopic (exact) mass is 457 g/mol. The van der Waals surface area contributed by atoms with Gasteiger partial charge in [-0.05, 0) is 36.8 Å². The number of nitrogens with one attached hydrogen (secondary N) is 2. The molecule has 0 saturated heterocycles. The van der Waals surface area contributed by atoms with Crippen LogP contribution in [0.5, 0.6) is 0 Å². The van der Waals surface area contributed by atoms with Crippen LogP contribution in [0.3, 0.4) is 0 Å². The number of nitrogens with zero attached hydrogens (tertiary/aromatic N) is 1. The number of carbonyl (C=O) groups excluding carboxylic acids is 1. The standard InChI is InChI=1S/C28H44FN3O/c1-2-3-4-5-6-7-8-9-10-11-12-13-14-15-16-17-22-30-28(33)27-23-26(31-32-27)24-18-20-25(29)21-19-24/h18-21,23H,2-17,22H2,1H3,(H,30,33)(H,31,32). The van der Waals surface area contributed by atoms with Gasteiger partial charge < -0.3 is 5.32 Å². The number of aromatic amines is 1. The molecular formula is C28H44FN3O. The van der Waals surface area contributed by atoms with E-state index in [0.29, 0.717) is 17.9 Å². The van der Waals surface area contributed by atoms with Crippen LogP contribution in [0.1, 0.15) is 120 Å². The third-order valence-corrected chi connectivity index (χ3v) is 6.28. The summed E-state index contributed by atoms with van der Waals surface area (Å²) in [4.78, 5) is 12.3. The second-order valence-corrected chi connectivity index (χ2v) is 9.23. The highest BCUT2D eigenvalue weighted by Gasteiger charge is 2.10. The van der Waals surface area contributed by atoms with Gasteiger partial charge in [0, 0.05) is 12.1 Å². The molecule has 0 fully saturated rings. The third-order valence-electron chi connectivity index (χ3n) is 6.28. The van der Waals surface area contributed by atoms with Gasteiger partial charge in [0.2, 0.25) is 0 Å². The van der Waals surface area contributed by atoms with Crippen molar-refractivity contribution in [2.75, 3.05) is 6.54 Å². The van der Waals surface area contributed by atoms with Crippen molar-refractivity contribution in [3.63, 3.8) is 0 Å². The Balaban J connectivity index is 1.39. The fourth-order valence-electron chi connectivity index (χ4n) is 4.18. The van der Waals surface area contributed by atoms with Crippen LogP contribution < -0.4 is 5.32 Å². The van der Waals surface area contributed by atoms with E-state index in [9.17, 15) is 9.18 Å². The molecule has 2 N–H and O–H groups in total. The first-order valence-corrected chi connectivity index (χ1v) is 13.3. The van der Waals surface area contributed by atoms with Crippen LogP contribution in [-0.2, 0) is 0 Å². The van der Waals surface area contributed by atoms with Crippen molar-refractivity contribution in [1.29, 1.82) is 0 Å². The molecule has 1 heterocycles. The van der Waals surface area contributed by atoms with Crippen LogP contribution in [0, 0.1) is 5.82 Å². The van der Waals surface area contributed by atoms with Gasteiger partial charge in [-0.15, -0.1) is 0 Å². The normalized spacial score (nSPS) is 11.1. The molecule has 1 amide bonds. The number of halogens is 1. The van der Waals surface area contributed by atoms with Crippen LogP contribution in [0.25, 0.3) is 11.3 Å². The molecule has 0 bridgehead atoms. The Bertz CT molecular complexity index is 757. The fraction of sp³-hybridized carbons (Fsp3) is 0.643. The van der Waals surface area contributed by atoms with Gasteiger partial charge in [0.15, 0.2) is 0 Å². The molecule has 2 aromatic rings. The van der Waals surface area contributed by atoms with Crippen molar-refractivity contribution >= 4 is 5.91 Å². The average molecular weight is 458 g/mol. The number of aromatic nitrogens is 2. The molecular weight excluding hydrogens is 413 g/mol. The summed E-state index contributed by atoms with van der Waals surface area (Å²) in [5.74, 6) is -0.428. The molecule has 4 nitrogen and oxygen atoms in total. The van der Waals surface area contributed by atoms with Gasteiger partial charge in [-0.25, -0.2) is 4.39 Å². The number of hydrogen-bond acceptors (Lipinski definition) is 2. The van der Waals surface area contributed by atoms with Gasteiger partial charge in [-0.3, -0.25) is 9.89 Å². The summed E-state index contributed by atoms with van der Waals surface area (Å²) in [7, 11) is 0. The summed E-state index contributed by atoms with van der Waals surface area (Å²) in [6, 6.07) is 7.80. The van der Waals surface area contributed by atoms with E-state index < -0.39 is 0 Å². The fourth-order valence-corrected chi connectivity index (χ4v) is 4.18. The maximum atomic E-state index is 13.0. The molecule has 2 rings (SSSR count). The molecule has 1 aromatic heterocycles. The Morgan fingerprint density at radius 3 is 1.79 bits per heavy atom. The molecule has 0 atom stereocenters. The van der Waals surface area contributed by atoms with E-state index in [4.69, 9.17) is 0 Å². The van der Waals surface area contributed by atoms with Crippen molar-refractivity contribution < 1.29 is 9.18 Å². The maximum Gasteiger partial charge on any atom is 0.269 e. The molecule has 184 valence electrons. The largest absolute Gasteiger partial charge is 0.351 e. The zero-order chi connectivity index (χ0) is 23.6. The second kappa shape index (κ2) is 17.3. The number of carbonyl (C=O) groups is 1. The zero-order valence-corrected chi connectivity index (χ0v) is 20.6. The lowest BCUT2D eigenvalue weighted by atomic mass is 10.0. The van der Waals surface area contributed by atoms with Gasteiger partial charge in [0.05, 0.1) is 5.69 Å². The molecule has 5 heteroatoms. The molecule has 0 spiro atoms. The van der Waals surface area contributed by atoms with Gasteiger partial charge in [-0.2, -0.15) is 5.10 Å². The van der Waals surface area contributed by atoms with E-state index in [-0.39, 0.29) is 11.7 Å².